The normalized spacial score (nSPS) is 7.75. The maximum absolute atomic E-state index is 10.1. The fourth-order valence-corrected chi connectivity index (χ4v) is 0.459. The van der Waals surface area contributed by atoms with Crippen LogP contribution in [0.1, 0.15) is 13.3 Å². The Hall–Kier alpha value is -1.79. The van der Waals surface area contributed by atoms with Crippen LogP contribution in [-0.2, 0) is 19.1 Å². The third kappa shape index (κ3) is 29.8. The minimum Gasteiger partial charge on any atom is -0.481 e. The number of carbonyl (C=O) groups is 3. The number of hydrogen-bond donors (Lipinski definition) is 2. The standard InChI is InChI=1S/C5H6O4.C5H8O2.C2H2Cl2/c1-3(5(8)9)2-4(6)7;1-3-5(6)7-4-2;1-2(3)4/h1-2H2,(H,6,7)(H,8,9);3H,1,4H2,2H3;1H2. The first-order valence-electron chi connectivity index (χ1n) is 5.00. The Balaban J connectivity index is -0.000000234. The van der Waals surface area contributed by atoms with E-state index >= 15 is 0 Å². The molecule has 0 atom stereocenters. The van der Waals surface area contributed by atoms with Gasteiger partial charge in [0.15, 0.2) is 0 Å². The van der Waals surface area contributed by atoms with Crippen LogP contribution in [0.15, 0.2) is 35.9 Å². The molecule has 0 saturated carbocycles. The van der Waals surface area contributed by atoms with Gasteiger partial charge in [0, 0.05) is 11.6 Å². The Morgan fingerprint density at radius 2 is 1.60 bits per heavy atom. The molecule has 0 aromatic carbocycles. The van der Waals surface area contributed by atoms with Crippen LogP contribution in [0.4, 0.5) is 0 Å². The second-order valence-electron chi connectivity index (χ2n) is 2.77. The highest BCUT2D eigenvalue weighted by molar-refractivity contribution is 6.55. The fourth-order valence-electron chi connectivity index (χ4n) is 0.459. The lowest BCUT2D eigenvalue weighted by Crippen LogP contribution is -2.04. The van der Waals surface area contributed by atoms with Gasteiger partial charge in [-0.3, -0.25) is 4.79 Å². The minimum absolute atomic E-state index is 0.111. The van der Waals surface area contributed by atoms with Crippen LogP contribution in [0.3, 0.4) is 0 Å². The van der Waals surface area contributed by atoms with Crippen LogP contribution in [0.5, 0.6) is 0 Å². The van der Waals surface area contributed by atoms with Crippen LogP contribution < -0.4 is 0 Å². The predicted octanol–water partition coefficient (Wildman–Crippen LogP) is 2.77. The first-order valence-corrected chi connectivity index (χ1v) is 5.75. The lowest BCUT2D eigenvalue weighted by atomic mass is 10.2. The SMILES string of the molecule is C=C(CC(=O)O)C(=O)O.C=C(Cl)Cl.C=CC(=O)OCC. The quantitative estimate of drug-likeness (QED) is 0.595. The molecule has 6 nitrogen and oxygen atoms in total. The maximum Gasteiger partial charge on any atom is 0.331 e. The molecule has 0 rings (SSSR count). The maximum atomic E-state index is 10.1. The highest BCUT2D eigenvalue weighted by Crippen LogP contribution is 1.98. The molecule has 0 saturated heterocycles. The molecule has 0 amide bonds. The smallest absolute Gasteiger partial charge is 0.331 e. The molecule has 0 aliphatic rings. The molecule has 20 heavy (non-hydrogen) atoms. The zero-order valence-electron chi connectivity index (χ0n) is 10.9. The predicted molar refractivity (Wildman–Crippen MR) is 76.7 cm³/mol. The number of esters is 1. The lowest BCUT2D eigenvalue weighted by molar-refractivity contribution is -0.139. The summed E-state index contributed by atoms with van der Waals surface area (Å²) in [7, 11) is 0. The number of carbonyl (C=O) groups excluding carboxylic acids is 1. The van der Waals surface area contributed by atoms with E-state index in [-0.39, 0.29) is 16.0 Å². The van der Waals surface area contributed by atoms with Crippen LogP contribution >= 0.6 is 23.2 Å². The molecule has 0 fully saturated rings. The molecule has 0 aliphatic heterocycles. The molecule has 0 aromatic heterocycles. The van der Waals surface area contributed by atoms with Gasteiger partial charge in [-0.2, -0.15) is 0 Å². The van der Waals surface area contributed by atoms with E-state index in [4.69, 9.17) is 33.4 Å². The summed E-state index contributed by atoms with van der Waals surface area (Å²) in [5.41, 5.74) is -0.303. The van der Waals surface area contributed by atoms with Gasteiger partial charge < -0.3 is 14.9 Å². The Bertz CT molecular complexity index is 372. The molecule has 0 aromatic rings. The molecule has 8 heteroatoms. The highest BCUT2D eigenvalue weighted by Gasteiger charge is 2.07. The number of halogens is 2. The zero-order valence-corrected chi connectivity index (χ0v) is 12.4. The number of carboxylic acid groups (broad SMARTS) is 2. The first-order chi connectivity index (χ1) is 9.08. The first kappa shape index (κ1) is 23.3. The minimum atomic E-state index is -1.27. The van der Waals surface area contributed by atoms with Crippen molar-refractivity contribution in [2.45, 2.75) is 13.3 Å². The topological polar surface area (TPSA) is 101 Å². The summed E-state index contributed by atoms with van der Waals surface area (Å²) in [5, 5.41) is 16.1. The monoisotopic (exact) mass is 326 g/mol. The van der Waals surface area contributed by atoms with Crippen molar-refractivity contribution in [3.8, 4) is 0 Å². The van der Waals surface area contributed by atoms with Crippen molar-refractivity contribution in [2.24, 2.45) is 0 Å². The zero-order chi connectivity index (χ0) is 16.7. The summed E-state index contributed by atoms with van der Waals surface area (Å²) in [4.78, 5) is 29.7. The highest BCUT2D eigenvalue weighted by atomic mass is 35.5. The molecule has 0 bridgehead atoms. The van der Waals surface area contributed by atoms with Gasteiger partial charge in [-0.15, -0.1) is 0 Å². The number of rotatable bonds is 5. The van der Waals surface area contributed by atoms with Gasteiger partial charge in [-0.25, -0.2) is 9.59 Å². The van der Waals surface area contributed by atoms with Gasteiger partial charge in [0.05, 0.1) is 17.5 Å². The van der Waals surface area contributed by atoms with Gasteiger partial charge in [0.25, 0.3) is 0 Å². The molecule has 0 radical (unpaired) electrons. The number of carboxylic acids is 2. The van der Waals surface area contributed by atoms with Crippen LogP contribution in [0.2, 0.25) is 0 Å². The lowest BCUT2D eigenvalue weighted by Gasteiger charge is -1.91. The number of ether oxygens (including phenoxy) is 1. The molecule has 0 spiro atoms. The molecular weight excluding hydrogens is 311 g/mol. The summed E-state index contributed by atoms with van der Waals surface area (Å²) >= 11 is 9.69. The third-order valence-electron chi connectivity index (χ3n) is 1.12. The fraction of sp³-hybridized carbons (Fsp3) is 0.250. The van der Waals surface area contributed by atoms with Crippen LogP contribution in [0.25, 0.3) is 0 Å². The van der Waals surface area contributed by atoms with E-state index in [2.05, 4.69) is 24.5 Å². The van der Waals surface area contributed by atoms with E-state index in [0.717, 1.165) is 6.08 Å². The summed E-state index contributed by atoms with van der Waals surface area (Å²) in [5.74, 6) is -2.80. The van der Waals surface area contributed by atoms with Crippen molar-refractivity contribution < 1.29 is 29.3 Å². The average molecular weight is 327 g/mol. The van der Waals surface area contributed by atoms with Gasteiger partial charge in [0.1, 0.15) is 0 Å². The Kier molecular flexibility index (Phi) is 17.8. The van der Waals surface area contributed by atoms with Crippen molar-refractivity contribution in [3.63, 3.8) is 0 Å². The molecular formula is C12H16Cl2O6. The Labute approximate surface area is 126 Å². The van der Waals surface area contributed by atoms with E-state index in [1.807, 2.05) is 0 Å². The summed E-state index contributed by atoms with van der Waals surface area (Å²) in [6.45, 7) is 11.5. The number of aliphatic carboxylic acids is 2. The second-order valence-corrected chi connectivity index (χ2v) is 3.88. The molecule has 0 aliphatic carbocycles. The summed E-state index contributed by atoms with van der Waals surface area (Å²) in [6.07, 6.45) is 0.638. The van der Waals surface area contributed by atoms with Crippen molar-refractivity contribution in [3.05, 3.63) is 35.9 Å². The second kappa shape index (κ2) is 15.3. The van der Waals surface area contributed by atoms with E-state index in [9.17, 15) is 14.4 Å². The van der Waals surface area contributed by atoms with Gasteiger partial charge in [-0.1, -0.05) is 42.9 Å². The molecule has 114 valence electrons. The number of hydrogen-bond acceptors (Lipinski definition) is 4. The molecule has 2 N–H and O–H groups in total. The van der Waals surface area contributed by atoms with Crippen LogP contribution in [-0.4, -0.2) is 34.7 Å². The van der Waals surface area contributed by atoms with E-state index < -0.39 is 18.4 Å². The van der Waals surface area contributed by atoms with Crippen molar-refractivity contribution in [1.82, 2.24) is 0 Å². The van der Waals surface area contributed by atoms with Crippen LogP contribution in [0, 0.1) is 0 Å². The van der Waals surface area contributed by atoms with Gasteiger partial charge in [0.2, 0.25) is 0 Å². The van der Waals surface area contributed by atoms with Crippen molar-refractivity contribution in [1.29, 1.82) is 0 Å². The van der Waals surface area contributed by atoms with Crippen molar-refractivity contribution in [2.75, 3.05) is 6.61 Å². The van der Waals surface area contributed by atoms with E-state index in [0.29, 0.717) is 6.61 Å². The molecule has 0 unspecified atom stereocenters. The van der Waals surface area contributed by atoms with E-state index in [1.54, 1.807) is 6.92 Å². The van der Waals surface area contributed by atoms with Gasteiger partial charge in [-0.05, 0) is 6.92 Å². The third-order valence-corrected chi connectivity index (χ3v) is 1.12. The summed E-state index contributed by atoms with van der Waals surface area (Å²) < 4.78 is 4.55. The average Bonchev–Trinajstić information content (AvgIpc) is 2.28. The Morgan fingerprint density at radius 3 is 1.70 bits per heavy atom. The van der Waals surface area contributed by atoms with E-state index in [1.165, 1.54) is 0 Å². The molecule has 0 heterocycles. The van der Waals surface area contributed by atoms with Gasteiger partial charge >= 0.3 is 17.9 Å². The largest absolute Gasteiger partial charge is 0.481 e. The summed E-state index contributed by atoms with van der Waals surface area (Å²) in [6, 6.07) is 0. The Morgan fingerprint density at radius 1 is 1.20 bits per heavy atom. The van der Waals surface area contributed by atoms with Crippen molar-refractivity contribution >= 4 is 41.1 Å².